The predicted molar refractivity (Wildman–Crippen MR) is 344 cm³/mol. The number of rotatable bonds is 68. The Labute approximate surface area is 506 Å². The monoisotopic (exact) mass is 1180 g/mol. The van der Waals surface area contributed by atoms with Gasteiger partial charge < -0.3 is 24.2 Å². The molecule has 0 spiro atoms. The van der Waals surface area contributed by atoms with Crippen molar-refractivity contribution in [3.8, 4) is 0 Å². The maximum absolute atomic E-state index is 13.0. The van der Waals surface area contributed by atoms with Crippen LogP contribution in [0.3, 0.4) is 0 Å². The normalized spacial score (nSPS) is 13.2. The molecule has 0 rings (SSSR count). The van der Waals surface area contributed by atoms with Crippen LogP contribution in [-0.2, 0) is 42.2 Å². The molecule has 0 amide bonds. The van der Waals surface area contributed by atoms with Crippen molar-refractivity contribution in [2.24, 2.45) is 0 Å². The van der Waals surface area contributed by atoms with E-state index in [-0.39, 0.29) is 25.9 Å². The van der Waals surface area contributed by atoms with E-state index in [1.807, 2.05) is 0 Å². The molecule has 0 fully saturated rings. The summed E-state index contributed by atoms with van der Waals surface area (Å²) < 4.78 is 39.8. The van der Waals surface area contributed by atoms with Gasteiger partial charge in [0.1, 0.15) is 12.7 Å². The summed E-state index contributed by atoms with van der Waals surface area (Å²) >= 11 is 0. The molecule has 0 aromatic heterocycles. The maximum Gasteiger partial charge on any atom is 0.472 e. The zero-order chi connectivity index (χ0) is 59.8. The minimum Gasteiger partial charge on any atom is -0.462 e. The van der Waals surface area contributed by atoms with E-state index in [2.05, 4.69) is 32.9 Å². The molecule has 0 aliphatic carbocycles. The Morgan fingerprint density at radius 1 is 0.329 bits per heavy atom. The van der Waals surface area contributed by atoms with Crippen molar-refractivity contribution in [1.29, 1.82) is 0 Å². The molecule has 3 atom stereocenters. The zero-order valence-corrected chi connectivity index (χ0v) is 55.1. The highest BCUT2D eigenvalue weighted by atomic mass is 31.2. The van der Waals surface area contributed by atoms with Gasteiger partial charge in [0.2, 0.25) is 0 Å². The molecular weight excluding hydrogens is 1050 g/mol. The summed E-state index contributed by atoms with van der Waals surface area (Å²) in [7, 11) is -4.75. The molecule has 0 saturated heterocycles. The summed E-state index contributed by atoms with van der Waals surface area (Å²) in [5.41, 5.74) is 0. The summed E-state index contributed by atoms with van der Waals surface area (Å²) in [5, 5.41) is 9.89. The number of carbonyl (C=O) groups excluding carboxylic acids is 3. The molecule has 0 aliphatic heterocycles. The van der Waals surface area contributed by atoms with Gasteiger partial charge in [0.25, 0.3) is 0 Å². The van der Waals surface area contributed by atoms with Crippen LogP contribution in [0.4, 0.5) is 0 Å². The van der Waals surface area contributed by atoms with E-state index in [1.54, 1.807) is 0 Å². The average molecular weight is 1180 g/mol. The lowest BCUT2D eigenvalue weighted by molar-refractivity contribution is -0.161. The van der Waals surface area contributed by atoms with Gasteiger partial charge in [-0.25, -0.2) is 4.57 Å². The van der Waals surface area contributed by atoms with Gasteiger partial charge in [0, 0.05) is 19.3 Å². The van der Waals surface area contributed by atoms with Gasteiger partial charge in [-0.15, -0.1) is 0 Å². The fourth-order valence-corrected chi connectivity index (χ4v) is 11.6. The number of unbranched alkanes of at least 4 members (excludes halogenated alkanes) is 49. The van der Waals surface area contributed by atoms with Crippen LogP contribution in [0.5, 0.6) is 0 Å². The number of aliphatic hydroxyl groups is 1. The van der Waals surface area contributed by atoms with Crippen LogP contribution in [-0.4, -0.2) is 66.5 Å². The van der Waals surface area contributed by atoms with E-state index in [9.17, 15) is 28.9 Å². The van der Waals surface area contributed by atoms with E-state index in [0.29, 0.717) is 19.3 Å². The standard InChI is InChI=1S/C70H135O11P/c1-4-7-10-13-16-19-22-25-28-31-33-36-39-42-45-48-51-54-57-60-69(73)80-66(62-71)64-78-82(75,76)79-65-67(63-77-68(72)59-56-53-50-47-44-41-38-35-30-27-24-21-18-15-12-9-6-3)81-70(74)61-58-55-52-49-46-43-40-37-34-32-29-26-23-20-17-14-11-8-5-2/h27,30,66-67,71H,4-26,28-29,31-65H2,1-3H3,(H,75,76)/b30-27-. The SMILES string of the molecule is CCCCCCCC/C=C\CCCCCCCCCC(=O)OCC(COP(=O)(O)OCC(CO)OC(=O)CCCCCCCCCCCCCCCCCCCCC)OC(=O)CCCCCCCCCCCCCCCCCCCCC. The molecule has 0 saturated carbocycles. The highest BCUT2D eigenvalue weighted by Gasteiger charge is 2.28. The van der Waals surface area contributed by atoms with Gasteiger partial charge in [-0.2, -0.15) is 0 Å². The van der Waals surface area contributed by atoms with Crippen molar-refractivity contribution in [2.45, 2.75) is 393 Å². The molecule has 82 heavy (non-hydrogen) atoms. The maximum atomic E-state index is 13.0. The van der Waals surface area contributed by atoms with Crippen molar-refractivity contribution < 1.29 is 52.2 Å². The summed E-state index contributed by atoms with van der Waals surface area (Å²) in [6.07, 6.45) is 68.8. The Morgan fingerprint density at radius 3 is 0.841 bits per heavy atom. The number of hydrogen-bond donors (Lipinski definition) is 2. The average Bonchev–Trinajstić information content (AvgIpc) is 3.47. The van der Waals surface area contributed by atoms with E-state index in [4.69, 9.17) is 23.3 Å². The second-order valence-corrected chi connectivity index (χ2v) is 25.9. The van der Waals surface area contributed by atoms with Gasteiger partial charge in [-0.1, -0.05) is 328 Å². The lowest BCUT2D eigenvalue weighted by atomic mass is 10.0. The third kappa shape index (κ3) is 62.7. The van der Waals surface area contributed by atoms with Crippen molar-refractivity contribution in [3.63, 3.8) is 0 Å². The van der Waals surface area contributed by atoms with Crippen LogP contribution < -0.4 is 0 Å². The fourth-order valence-electron chi connectivity index (χ4n) is 10.8. The second-order valence-electron chi connectivity index (χ2n) is 24.4. The first-order chi connectivity index (χ1) is 40.2. The highest BCUT2D eigenvalue weighted by molar-refractivity contribution is 7.47. The number of hydrogen-bond acceptors (Lipinski definition) is 10. The van der Waals surface area contributed by atoms with E-state index in [0.717, 1.165) is 64.2 Å². The number of allylic oxidation sites excluding steroid dienone is 2. The van der Waals surface area contributed by atoms with E-state index < -0.39 is 57.8 Å². The smallest absolute Gasteiger partial charge is 0.462 e. The van der Waals surface area contributed by atoms with Crippen LogP contribution in [0.15, 0.2) is 12.2 Å². The topological polar surface area (TPSA) is 155 Å². The molecule has 0 aromatic carbocycles. The molecule has 11 nitrogen and oxygen atoms in total. The Bertz CT molecular complexity index is 1430. The molecule has 0 heterocycles. The number of phosphoric acid groups is 1. The Hall–Kier alpha value is -1.78. The molecule has 0 radical (unpaired) electrons. The van der Waals surface area contributed by atoms with Crippen molar-refractivity contribution >= 4 is 25.7 Å². The number of esters is 3. The van der Waals surface area contributed by atoms with Crippen molar-refractivity contribution in [3.05, 3.63) is 12.2 Å². The highest BCUT2D eigenvalue weighted by Crippen LogP contribution is 2.43. The van der Waals surface area contributed by atoms with Crippen LogP contribution in [0, 0.1) is 0 Å². The minimum atomic E-state index is -4.75. The van der Waals surface area contributed by atoms with Crippen LogP contribution in [0.1, 0.15) is 380 Å². The van der Waals surface area contributed by atoms with Gasteiger partial charge in [0.15, 0.2) is 6.10 Å². The largest absolute Gasteiger partial charge is 0.472 e. The first kappa shape index (κ1) is 80.2. The molecule has 0 bridgehead atoms. The predicted octanol–water partition coefficient (Wildman–Crippen LogP) is 21.9. The van der Waals surface area contributed by atoms with Gasteiger partial charge in [-0.05, 0) is 44.9 Å². The molecule has 0 aromatic rings. The van der Waals surface area contributed by atoms with Gasteiger partial charge in [-0.3, -0.25) is 23.4 Å². The number of ether oxygens (including phenoxy) is 3. The molecule has 0 aliphatic rings. The lowest BCUT2D eigenvalue weighted by Gasteiger charge is -2.21. The number of phosphoric ester groups is 1. The van der Waals surface area contributed by atoms with Crippen molar-refractivity contribution in [2.75, 3.05) is 26.4 Å². The number of aliphatic hydroxyl groups excluding tert-OH is 1. The number of carbonyl (C=O) groups is 3. The Balaban J connectivity index is 4.60. The summed E-state index contributed by atoms with van der Waals surface area (Å²) in [6.45, 7) is 4.76. The lowest BCUT2D eigenvalue weighted by Crippen LogP contribution is -2.30. The summed E-state index contributed by atoms with van der Waals surface area (Å²) in [6, 6.07) is 0. The first-order valence-corrected chi connectivity index (χ1v) is 37.1. The summed E-state index contributed by atoms with van der Waals surface area (Å²) in [4.78, 5) is 48.9. The Kier molecular flexibility index (Phi) is 63.8. The zero-order valence-electron chi connectivity index (χ0n) is 54.3. The Morgan fingerprint density at radius 2 is 0.561 bits per heavy atom. The minimum absolute atomic E-state index is 0.176. The molecular formula is C70H135O11P. The summed E-state index contributed by atoms with van der Waals surface area (Å²) in [5.74, 6) is -1.43. The quantitative estimate of drug-likeness (QED) is 0.0197. The van der Waals surface area contributed by atoms with Crippen molar-refractivity contribution in [1.82, 2.24) is 0 Å². The third-order valence-corrected chi connectivity index (χ3v) is 17.1. The molecule has 12 heteroatoms. The van der Waals surface area contributed by atoms with Crippen LogP contribution >= 0.6 is 7.82 Å². The van der Waals surface area contributed by atoms with E-state index >= 15 is 0 Å². The molecule has 2 N–H and O–H groups in total. The van der Waals surface area contributed by atoms with Crippen LogP contribution in [0.2, 0.25) is 0 Å². The van der Waals surface area contributed by atoms with Crippen LogP contribution in [0.25, 0.3) is 0 Å². The fraction of sp³-hybridized carbons (Fsp3) is 0.929. The van der Waals surface area contributed by atoms with E-state index in [1.165, 1.54) is 257 Å². The third-order valence-electron chi connectivity index (χ3n) is 16.2. The van der Waals surface area contributed by atoms with Gasteiger partial charge >= 0.3 is 25.7 Å². The molecule has 3 unspecified atom stereocenters. The first-order valence-electron chi connectivity index (χ1n) is 35.6. The molecule has 486 valence electrons. The second kappa shape index (κ2) is 65.2. The van der Waals surface area contributed by atoms with Gasteiger partial charge in [0.05, 0.1) is 19.8 Å².